The minimum Gasteiger partial charge on any atom is -0.356 e. The smallest absolute Gasteiger partial charge is 0.159 e. The normalized spacial score (nSPS) is 20.4. The summed E-state index contributed by atoms with van der Waals surface area (Å²) in [6, 6.07) is 0. The van der Waals surface area contributed by atoms with Crippen LogP contribution >= 0.6 is 0 Å². The molecule has 0 saturated heterocycles. The number of allylic oxidation sites excluding steroid dienone is 1. The number of hydrogen-bond acceptors (Lipinski definition) is 2. The monoisotopic (exact) mass is 170 g/mol. The van der Waals surface area contributed by atoms with Gasteiger partial charge in [-0.2, -0.15) is 0 Å². The fourth-order valence-electron chi connectivity index (χ4n) is 1.80. The predicted octanol–water partition coefficient (Wildman–Crippen LogP) is 2.35. The lowest BCUT2D eigenvalue weighted by atomic mass is 9.86. The van der Waals surface area contributed by atoms with Gasteiger partial charge in [0, 0.05) is 20.1 Å². The van der Waals surface area contributed by atoms with Crippen molar-refractivity contribution in [2.24, 2.45) is 5.92 Å². The summed E-state index contributed by atoms with van der Waals surface area (Å²) in [6.45, 7) is 3.98. The van der Waals surface area contributed by atoms with E-state index in [1.165, 1.54) is 5.57 Å². The highest BCUT2D eigenvalue weighted by Gasteiger charge is 2.23. The molecule has 70 valence electrons. The lowest BCUT2D eigenvalue weighted by Gasteiger charge is -2.28. The van der Waals surface area contributed by atoms with Gasteiger partial charge in [0.15, 0.2) is 6.29 Å². The van der Waals surface area contributed by atoms with Crippen molar-refractivity contribution in [2.75, 3.05) is 14.2 Å². The van der Waals surface area contributed by atoms with Crippen LogP contribution in [-0.2, 0) is 9.47 Å². The molecule has 1 aliphatic carbocycles. The van der Waals surface area contributed by atoms with Crippen LogP contribution in [0.4, 0.5) is 0 Å². The maximum absolute atomic E-state index is 5.22. The molecule has 0 N–H and O–H groups in total. The third kappa shape index (κ3) is 2.32. The molecule has 0 aromatic heterocycles. The first kappa shape index (κ1) is 9.75. The Hall–Kier alpha value is -0.340. The fraction of sp³-hybridized carbons (Fsp3) is 0.800. The molecule has 0 aliphatic heterocycles. The molecular weight excluding hydrogens is 152 g/mol. The first-order valence-corrected chi connectivity index (χ1v) is 4.50. The Morgan fingerprint density at radius 2 is 1.75 bits per heavy atom. The van der Waals surface area contributed by atoms with Crippen molar-refractivity contribution >= 4 is 0 Å². The van der Waals surface area contributed by atoms with E-state index in [0.717, 1.165) is 25.7 Å². The highest BCUT2D eigenvalue weighted by Crippen LogP contribution is 2.30. The third-order valence-electron chi connectivity index (χ3n) is 2.59. The zero-order valence-corrected chi connectivity index (χ0v) is 8.01. The molecule has 1 saturated carbocycles. The van der Waals surface area contributed by atoms with Crippen LogP contribution in [0, 0.1) is 5.92 Å². The highest BCUT2D eigenvalue weighted by atomic mass is 16.7. The molecule has 1 fully saturated rings. The second-order valence-corrected chi connectivity index (χ2v) is 3.43. The number of methoxy groups -OCH3 is 2. The molecule has 0 unspecified atom stereocenters. The first-order chi connectivity index (χ1) is 5.77. The van der Waals surface area contributed by atoms with Gasteiger partial charge < -0.3 is 9.47 Å². The molecule has 0 heterocycles. The van der Waals surface area contributed by atoms with Gasteiger partial charge in [0.1, 0.15) is 0 Å². The lowest BCUT2D eigenvalue weighted by Crippen LogP contribution is -2.26. The SMILES string of the molecule is C=C1CCC(C(OC)OC)CC1. The lowest BCUT2D eigenvalue weighted by molar-refractivity contribution is -0.141. The maximum atomic E-state index is 5.22. The Morgan fingerprint density at radius 3 is 2.17 bits per heavy atom. The summed E-state index contributed by atoms with van der Waals surface area (Å²) in [4.78, 5) is 0. The van der Waals surface area contributed by atoms with Gasteiger partial charge in [0.2, 0.25) is 0 Å². The van der Waals surface area contributed by atoms with Gasteiger partial charge in [-0.3, -0.25) is 0 Å². The third-order valence-corrected chi connectivity index (χ3v) is 2.59. The van der Waals surface area contributed by atoms with Crippen LogP contribution in [0.2, 0.25) is 0 Å². The van der Waals surface area contributed by atoms with Crippen molar-refractivity contribution in [2.45, 2.75) is 32.0 Å². The number of rotatable bonds is 3. The van der Waals surface area contributed by atoms with Crippen molar-refractivity contribution in [1.29, 1.82) is 0 Å². The molecule has 0 atom stereocenters. The minimum atomic E-state index is -0.0156. The molecule has 0 spiro atoms. The van der Waals surface area contributed by atoms with E-state index >= 15 is 0 Å². The van der Waals surface area contributed by atoms with Crippen LogP contribution in [0.15, 0.2) is 12.2 Å². The van der Waals surface area contributed by atoms with E-state index in [1.54, 1.807) is 14.2 Å². The standard InChI is InChI=1S/C10H18O2/c1-8-4-6-9(7-5-8)10(11-2)12-3/h9-10H,1,4-7H2,2-3H3. The zero-order valence-electron chi connectivity index (χ0n) is 8.01. The molecule has 1 aliphatic rings. The Bertz CT molecular complexity index is 140. The van der Waals surface area contributed by atoms with Crippen LogP contribution in [0.5, 0.6) is 0 Å². The molecule has 0 aromatic carbocycles. The molecule has 2 nitrogen and oxygen atoms in total. The van der Waals surface area contributed by atoms with Gasteiger partial charge in [-0.25, -0.2) is 0 Å². The van der Waals surface area contributed by atoms with Crippen LogP contribution in [0.25, 0.3) is 0 Å². The van der Waals surface area contributed by atoms with Crippen LogP contribution in [0.3, 0.4) is 0 Å². The minimum absolute atomic E-state index is 0.0156. The van der Waals surface area contributed by atoms with Crippen molar-refractivity contribution in [3.05, 3.63) is 12.2 Å². The maximum Gasteiger partial charge on any atom is 0.159 e. The number of hydrogen-bond donors (Lipinski definition) is 0. The van der Waals surface area contributed by atoms with E-state index in [9.17, 15) is 0 Å². The number of ether oxygens (including phenoxy) is 2. The summed E-state index contributed by atoms with van der Waals surface area (Å²) in [5.41, 5.74) is 1.37. The Morgan fingerprint density at radius 1 is 1.25 bits per heavy atom. The second-order valence-electron chi connectivity index (χ2n) is 3.43. The van der Waals surface area contributed by atoms with Gasteiger partial charge in [0.05, 0.1) is 0 Å². The molecule has 12 heavy (non-hydrogen) atoms. The van der Waals surface area contributed by atoms with Crippen molar-refractivity contribution < 1.29 is 9.47 Å². The zero-order chi connectivity index (χ0) is 8.97. The molecule has 2 heteroatoms. The largest absolute Gasteiger partial charge is 0.356 e. The van der Waals surface area contributed by atoms with Gasteiger partial charge in [0.25, 0.3) is 0 Å². The van der Waals surface area contributed by atoms with Gasteiger partial charge in [-0.15, -0.1) is 0 Å². The van der Waals surface area contributed by atoms with Gasteiger partial charge in [-0.05, 0) is 25.7 Å². The Labute approximate surface area is 74.6 Å². The molecule has 0 aromatic rings. The van der Waals surface area contributed by atoms with Crippen LogP contribution in [-0.4, -0.2) is 20.5 Å². The summed E-state index contributed by atoms with van der Waals surface area (Å²) in [6.07, 6.45) is 4.57. The fourth-order valence-corrected chi connectivity index (χ4v) is 1.80. The quantitative estimate of drug-likeness (QED) is 0.478. The summed E-state index contributed by atoms with van der Waals surface area (Å²) < 4.78 is 10.4. The van der Waals surface area contributed by atoms with E-state index in [1.807, 2.05) is 0 Å². The average Bonchev–Trinajstić information content (AvgIpc) is 2.10. The predicted molar refractivity (Wildman–Crippen MR) is 48.9 cm³/mol. The van der Waals surface area contributed by atoms with E-state index in [4.69, 9.17) is 9.47 Å². The van der Waals surface area contributed by atoms with Crippen molar-refractivity contribution in [1.82, 2.24) is 0 Å². The van der Waals surface area contributed by atoms with E-state index < -0.39 is 0 Å². The summed E-state index contributed by atoms with van der Waals surface area (Å²) in [7, 11) is 3.41. The molecule has 0 radical (unpaired) electrons. The summed E-state index contributed by atoms with van der Waals surface area (Å²) >= 11 is 0. The van der Waals surface area contributed by atoms with Gasteiger partial charge in [-0.1, -0.05) is 12.2 Å². The van der Waals surface area contributed by atoms with Crippen molar-refractivity contribution in [3.8, 4) is 0 Å². The van der Waals surface area contributed by atoms with Crippen LogP contribution in [0.1, 0.15) is 25.7 Å². The topological polar surface area (TPSA) is 18.5 Å². The molecule has 1 rings (SSSR count). The molecule has 0 amide bonds. The highest BCUT2D eigenvalue weighted by molar-refractivity contribution is 4.98. The summed E-state index contributed by atoms with van der Waals surface area (Å²) in [5.74, 6) is 0.561. The molecule has 0 bridgehead atoms. The van der Waals surface area contributed by atoms with Gasteiger partial charge >= 0.3 is 0 Å². The molecular formula is C10H18O2. The van der Waals surface area contributed by atoms with E-state index in [2.05, 4.69) is 6.58 Å². The summed E-state index contributed by atoms with van der Waals surface area (Å²) in [5, 5.41) is 0. The first-order valence-electron chi connectivity index (χ1n) is 4.50. The second kappa shape index (κ2) is 4.63. The Kier molecular flexibility index (Phi) is 3.76. The Balaban J connectivity index is 2.37. The van der Waals surface area contributed by atoms with Crippen molar-refractivity contribution in [3.63, 3.8) is 0 Å². The van der Waals surface area contributed by atoms with Crippen LogP contribution < -0.4 is 0 Å². The van der Waals surface area contributed by atoms with E-state index in [0.29, 0.717) is 5.92 Å². The average molecular weight is 170 g/mol. The van der Waals surface area contributed by atoms with E-state index in [-0.39, 0.29) is 6.29 Å².